The molecule has 2 aromatic rings. The van der Waals surface area contributed by atoms with Crippen molar-refractivity contribution in [1.29, 1.82) is 0 Å². The van der Waals surface area contributed by atoms with Gasteiger partial charge in [-0.05, 0) is 44.2 Å². The Hall–Kier alpha value is -2.53. The number of anilines is 1. The van der Waals surface area contributed by atoms with Crippen LogP contribution >= 0.6 is 0 Å². The van der Waals surface area contributed by atoms with Gasteiger partial charge in [0.25, 0.3) is 0 Å². The third kappa shape index (κ3) is 4.49. The van der Waals surface area contributed by atoms with Gasteiger partial charge in [0.05, 0.1) is 20.3 Å². The van der Waals surface area contributed by atoms with Crippen LogP contribution in [0.2, 0.25) is 0 Å². The summed E-state index contributed by atoms with van der Waals surface area (Å²) in [5, 5.41) is 6.19. The molecule has 2 N–H and O–H groups in total. The van der Waals surface area contributed by atoms with Crippen molar-refractivity contribution < 1.29 is 14.3 Å². The molecule has 0 saturated carbocycles. The number of hydrogen-bond donors (Lipinski definition) is 2. The highest BCUT2D eigenvalue weighted by Gasteiger charge is 2.19. The Morgan fingerprint density at radius 1 is 1.00 bits per heavy atom. The van der Waals surface area contributed by atoms with Crippen molar-refractivity contribution in [3.05, 3.63) is 54.1 Å². The number of hydrogen-bond acceptors (Lipinski definition) is 4. The van der Waals surface area contributed by atoms with E-state index in [0.29, 0.717) is 0 Å². The van der Waals surface area contributed by atoms with Gasteiger partial charge >= 0.3 is 0 Å². The summed E-state index contributed by atoms with van der Waals surface area (Å²) < 4.78 is 10.7. The van der Waals surface area contributed by atoms with Gasteiger partial charge in [-0.2, -0.15) is 0 Å². The van der Waals surface area contributed by atoms with Gasteiger partial charge in [-0.15, -0.1) is 0 Å². The van der Waals surface area contributed by atoms with E-state index in [1.807, 2.05) is 62.4 Å². The molecule has 0 bridgehead atoms. The fraction of sp³-hybridized carbons (Fsp3) is 0.316. The van der Waals surface area contributed by atoms with Crippen molar-refractivity contribution in [3.8, 4) is 11.5 Å². The van der Waals surface area contributed by atoms with E-state index in [2.05, 4.69) is 10.6 Å². The van der Waals surface area contributed by atoms with Crippen LogP contribution in [0.25, 0.3) is 0 Å². The van der Waals surface area contributed by atoms with Crippen LogP contribution < -0.4 is 20.1 Å². The zero-order chi connectivity index (χ0) is 17.5. The van der Waals surface area contributed by atoms with Crippen LogP contribution in [-0.4, -0.2) is 26.2 Å². The molecule has 0 radical (unpaired) electrons. The molecule has 0 heterocycles. The SMILES string of the molecule is COc1ccc(OC)c(C(C)NC(C)C(=O)Nc2ccccc2)c1. The van der Waals surface area contributed by atoms with Gasteiger partial charge in [0.1, 0.15) is 11.5 Å². The zero-order valence-electron chi connectivity index (χ0n) is 14.5. The lowest BCUT2D eigenvalue weighted by atomic mass is 10.1. The third-order valence-electron chi connectivity index (χ3n) is 3.84. The second kappa shape index (κ2) is 8.36. The van der Waals surface area contributed by atoms with Crippen LogP contribution in [0.3, 0.4) is 0 Å². The van der Waals surface area contributed by atoms with Crippen molar-refractivity contribution in [2.24, 2.45) is 0 Å². The van der Waals surface area contributed by atoms with Crippen molar-refractivity contribution in [3.63, 3.8) is 0 Å². The van der Waals surface area contributed by atoms with E-state index in [4.69, 9.17) is 9.47 Å². The number of ether oxygens (including phenoxy) is 2. The molecule has 128 valence electrons. The highest BCUT2D eigenvalue weighted by molar-refractivity contribution is 5.94. The van der Waals surface area contributed by atoms with Crippen LogP contribution in [0.5, 0.6) is 11.5 Å². The largest absolute Gasteiger partial charge is 0.497 e. The first kappa shape index (κ1) is 17.8. The summed E-state index contributed by atoms with van der Waals surface area (Å²) in [7, 11) is 3.25. The summed E-state index contributed by atoms with van der Waals surface area (Å²) >= 11 is 0. The topological polar surface area (TPSA) is 59.6 Å². The quantitative estimate of drug-likeness (QED) is 0.818. The molecule has 0 spiro atoms. The van der Waals surface area contributed by atoms with Gasteiger partial charge in [-0.25, -0.2) is 0 Å². The van der Waals surface area contributed by atoms with Crippen molar-refractivity contribution in [2.45, 2.75) is 25.9 Å². The fourth-order valence-electron chi connectivity index (χ4n) is 2.49. The van der Waals surface area contributed by atoms with E-state index in [1.165, 1.54) is 0 Å². The molecule has 0 fully saturated rings. The van der Waals surface area contributed by atoms with Crippen molar-refractivity contribution >= 4 is 11.6 Å². The maximum Gasteiger partial charge on any atom is 0.241 e. The van der Waals surface area contributed by atoms with Gasteiger partial charge in [0.15, 0.2) is 0 Å². The summed E-state index contributed by atoms with van der Waals surface area (Å²) in [6.45, 7) is 3.82. The monoisotopic (exact) mass is 328 g/mol. The molecular weight excluding hydrogens is 304 g/mol. The molecule has 1 amide bonds. The predicted octanol–water partition coefficient (Wildman–Crippen LogP) is 3.38. The minimum Gasteiger partial charge on any atom is -0.497 e. The van der Waals surface area contributed by atoms with Crippen LogP contribution in [0, 0.1) is 0 Å². The van der Waals surface area contributed by atoms with Gasteiger partial charge in [0, 0.05) is 17.3 Å². The number of benzene rings is 2. The van der Waals surface area contributed by atoms with Crippen LogP contribution in [0.15, 0.2) is 48.5 Å². The molecule has 0 saturated heterocycles. The first-order chi connectivity index (χ1) is 11.5. The molecule has 0 aliphatic carbocycles. The maximum atomic E-state index is 12.3. The summed E-state index contributed by atoms with van der Waals surface area (Å²) in [4.78, 5) is 12.3. The molecule has 5 heteroatoms. The molecule has 2 rings (SSSR count). The van der Waals surface area contributed by atoms with Gasteiger partial charge in [-0.1, -0.05) is 18.2 Å². The van der Waals surface area contributed by atoms with E-state index < -0.39 is 0 Å². The first-order valence-corrected chi connectivity index (χ1v) is 7.89. The van der Waals surface area contributed by atoms with Gasteiger partial charge < -0.3 is 14.8 Å². The molecule has 0 aliphatic rings. The van der Waals surface area contributed by atoms with Crippen LogP contribution in [0.1, 0.15) is 25.5 Å². The lowest BCUT2D eigenvalue weighted by molar-refractivity contribution is -0.117. The summed E-state index contributed by atoms with van der Waals surface area (Å²) in [6, 6.07) is 14.6. The van der Waals surface area contributed by atoms with E-state index in [9.17, 15) is 4.79 Å². The Labute approximate surface area is 143 Å². The number of amides is 1. The summed E-state index contributed by atoms with van der Waals surface area (Å²) in [6.07, 6.45) is 0. The second-order valence-electron chi connectivity index (χ2n) is 5.57. The second-order valence-corrected chi connectivity index (χ2v) is 5.57. The minimum atomic E-state index is -0.365. The smallest absolute Gasteiger partial charge is 0.241 e. The Bertz CT molecular complexity index is 674. The third-order valence-corrected chi connectivity index (χ3v) is 3.84. The van der Waals surface area contributed by atoms with Crippen LogP contribution in [-0.2, 0) is 4.79 Å². The average Bonchev–Trinajstić information content (AvgIpc) is 2.61. The predicted molar refractivity (Wildman–Crippen MR) is 95.6 cm³/mol. The number of carbonyl (C=O) groups is 1. The van der Waals surface area contributed by atoms with Crippen molar-refractivity contribution in [1.82, 2.24) is 5.32 Å². The summed E-state index contributed by atoms with van der Waals surface area (Å²) in [5.41, 5.74) is 1.72. The first-order valence-electron chi connectivity index (χ1n) is 7.89. The lowest BCUT2D eigenvalue weighted by Crippen LogP contribution is -2.39. The fourth-order valence-corrected chi connectivity index (χ4v) is 2.49. The highest BCUT2D eigenvalue weighted by Crippen LogP contribution is 2.29. The average molecular weight is 328 g/mol. The lowest BCUT2D eigenvalue weighted by Gasteiger charge is -2.22. The number of methoxy groups -OCH3 is 2. The Morgan fingerprint density at radius 3 is 2.33 bits per heavy atom. The Kier molecular flexibility index (Phi) is 6.21. The van der Waals surface area contributed by atoms with Gasteiger partial charge in [-0.3, -0.25) is 10.1 Å². The number of rotatable bonds is 7. The van der Waals surface area contributed by atoms with E-state index in [0.717, 1.165) is 22.7 Å². The molecule has 0 aromatic heterocycles. The molecule has 2 unspecified atom stereocenters. The Balaban J connectivity index is 2.05. The zero-order valence-corrected chi connectivity index (χ0v) is 14.5. The molecule has 2 atom stereocenters. The molecule has 0 aliphatic heterocycles. The molecular formula is C19H24N2O3. The van der Waals surface area contributed by atoms with Gasteiger partial charge in [0.2, 0.25) is 5.91 Å². The summed E-state index contributed by atoms with van der Waals surface area (Å²) in [5.74, 6) is 1.42. The minimum absolute atomic E-state index is 0.0772. The highest BCUT2D eigenvalue weighted by atomic mass is 16.5. The van der Waals surface area contributed by atoms with Crippen molar-refractivity contribution in [2.75, 3.05) is 19.5 Å². The normalized spacial score (nSPS) is 13.0. The van der Waals surface area contributed by atoms with E-state index >= 15 is 0 Å². The maximum absolute atomic E-state index is 12.3. The molecule has 24 heavy (non-hydrogen) atoms. The number of nitrogens with one attached hydrogen (secondary N) is 2. The standard InChI is InChI=1S/C19H24N2O3/c1-13(17-12-16(23-3)10-11-18(17)24-4)20-14(2)19(22)21-15-8-6-5-7-9-15/h5-14,20H,1-4H3,(H,21,22). The molecule has 2 aromatic carbocycles. The molecule has 5 nitrogen and oxygen atoms in total. The number of carbonyl (C=O) groups excluding carboxylic acids is 1. The Morgan fingerprint density at radius 2 is 1.71 bits per heavy atom. The van der Waals surface area contributed by atoms with Crippen LogP contribution in [0.4, 0.5) is 5.69 Å². The number of para-hydroxylation sites is 1. The van der Waals surface area contributed by atoms with E-state index in [1.54, 1.807) is 14.2 Å². The van der Waals surface area contributed by atoms with E-state index in [-0.39, 0.29) is 18.0 Å².